The normalized spacial score (nSPS) is 15.9. The summed E-state index contributed by atoms with van der Waals surface area (Å²) in [6.45, 7) is 2.34. The fourth-order valence-corrected chi connectivity index (χ4v) is 2.45. The highest BCUT2D eigenvalue weighted by Crippen LogP contribution is 2.20. The molecule has 1 saturated heterocycles. The zero-order valence-electron chi connectivity index (χ0n) is 12.4. The van der Waals surface area contributed by atoms with E-state index in [9.17, 15) is 9.18 Å². The molecule has 0 aromatic heterocycles. The van der Waals surface area contributed by atoms with Crippen LogP contribution in [-0.2, 0) is 16.0 Å². The summed E-state index contributed by atoms with van der Waals surface area (Å²) >= 11 is 0. The first kappa shape index (κ1) is 15.9. The quantitative estimate of drug-likeness (QED) is 0.837. The molecule has 0 bridgehead atoms. The van der Waals surface area contributed by atoms with Gasteiger partial charge in [0.25, 0.3) is 0 Å². The van der Waals surface area contributed by atoms with Crippen molar-refractivity contribution in [3.05, 3.63) is 29.6 Å². The third-order valence-corrected chi connectivity index (χ3v) is 3.67. The minimum atomic E-state index is -0.451. The van der Waals surface area contributed by atoms with Gasteiger partial charge in [-0.05, 0) is 37.6 Å². The van der Waals surface area contributed by atoms with Gasteiger partial charge >= 0.3 is 0 Å². The van der Waals surface area contributed by atoms with Crippen molar-refractivity contribution in [1.29, 1.82) is 0 Å². The Morgan fingerprint density at radius 2 is 2.14 bits per heavy atom. The number of Topliss-reactive ketones (excluding diaryl/α,β-unsaturated/α-hetero) is 1. The lowest BCUT2D eigenvalue weighted by atomic mass is 10.1. The Morgan fingerprint density at radius 1 is 1.38 bits per heavy atom. The van der Waals surface area contributed by atoms with Gasteiger partial charge < -0.3 is 14.8 Å². The molecule has 0 aliphatic carbocycles. The van der Waals surface area contributed by atoms with E-state index >= 15 is 0 Å². The molecular weight excluding hydrogens is 273 g/mol. The van der Waals surface area contributed by atoms with Crippen LogP contribution in [0.25, 0.3) is 0 Å². The Hall–Kier alpha value is -1.46. The van der Waals surface area contributed by atoms with E-state index in [1.54, 1.807) is 18.2 Å². The van der Waals surface area contributed by atoms with Crippen LogP contribution in [0.15, 0.2) is 18.2 Å². The molecule has 21 heavy (non-hydrogen) atoms. The number of benzene rings is 1. The van der Waals surface area contributed by atoms with Crippen LogP contribution in [0, 0.1) is 5.82 Å². The Kier molecular flexibility index (Phi) is 6.14. The molecule has 0 atom stereocenters. The number of methoxy groups -OCH3 is 1. The van der Waals surface area contributed by atoms with Crippen LogP contribution in [-0.4, -0.2) is 38.7 Å². The van der Waals surface area contributed by atoms with Crippen molar-refractivity contribution >= 4 is 5.78 Å². The number of ketones is 1. The van der Waals surface area contributed by atoms with Gasteiger partial charge in [-0.15, -0.1) is 0 Å². The highest BCUT2D eigenvalue weighted by Gasteiger charge is 2.15. The minimum Gasteiger partial charge on any atom is -0.494 e. The standard InChI is InChI=1S/C16H22FNO3/c1-20-15-4-2-3-12(16(15)17)11-13(19)7-10-21-14-5-8-18-9-6-14/h2-4,14,18H,5-11H2,1H3. The second-order valence-corrected chi connectivity index (χ2v) is 5.22. The fourth-order valence-electron chi connectivity index (χ4n) is 2.45. The molecule has 1 aromatic carbocycles. The summed E-state index contributed by atoms with van der Waals surface area (Å²) in [5.74, 6) is -0.296. The number of piperidine rings is 1. The molecule has 1 aliphatic rings. The molecule has 1 aromatic rings. The monoisotopic (exact) mass is 295 g/mol. The van der Waals surface area contributed by atoms with Gasteiger partial charge in [0.1, 0.15) is 5.78 Å². The first-order chi connectivity index (χ1) is 10.2. The number of rotatable bonds is 7. The van der Waals surface area contributed by atoms with Crippen molar-refractivity contribution in [3.8, 4) is 5.75 Å². The Labute approximate surface area is 124 Å². The summed E-state index contributed by atoms with van der Waals surface area (Å²) in [5.41, 5.74) is 0.376. The van der Waals surface area contributed by atoms with Crippen LogP contribution >= 0.6 is 0 Å². The Balaban J connectivity index is 1.76. The van der Waals surface area contributed by atoms with Gasteiger partial charge in [0.05, 0.1) is 19.8 Å². The molecule has 116 valence electrons. The first-order valence-corrected chi connectivity index (χ1v) is 7.36. The van der Waals surface area contributed by atoms with E-state index in [0.717, 1.165) is 25.9 Å². The molecule has 1 fully saturated rings. The van der Waals surface area contributed by atoms with Crippen molar-refractivity contribution < 1.29 is 18.7 Å². The molecule has 0 unspecified atom stereocenters. The van der Waals surface area contributed by atoms with Crippen LogP contribution in [0.4, 0.5) is 4.39 Å². The number of halogens is 1. The van der Waals surface area contributed by atoms with Crippen molar-refractivity contribution in [2.24, 2.45) is 0 Å². The number of hydrogen-bond acceptors (Lipinski definition) is 4. The average Bonchev–Trinajstić information content (AvgIpc) is 2.50. The topological polar surface area (TPSA) is 47.6 Å². The van der Waals surface area contributed by atoms with Crippen LogP contribution in [0.1, 0.15) is 24.8 Å². The average molecular weight is 295 g/mol. The van der Waals surface area contributed by atoms with Crippen molar-refractivity contribution in [2.75, 3.05) is 26.8 Å². The van der Waals surface area contributed by atoms with Crippen LogP contribution in [0.3, 0.4) is 0 Å². The van der Waals surface area contributed by atoms with Gasteiger partial charge in [-0.2, -0.15) is 0 Å². The van der Waals surface area contributed by atoms with Crippen molar-refractivity contribution in [3.63, 3.8) is 0 Å². The zero-order valence-corrected chi connectivity index (χ0v) is 12.4. The maximum absolute atomic E-state index is 13.9. The number of nitrogens with one attached hydrogen (secondary N) is 1. The molecule has 1 heterocycles. The second kappa shape index (κ2) is 8.10. The molecule has 1 aliphatic heterocycles. The lowest BCUT2D eigenvalue weighted by molar-refractivity contribution is -0.120. The number of ether oxygens (including phenoxy) is 2. The van der Waals surface area contributed by atoms with E-state index in [1.165, 1.54) is 7.11 Å². The summed E-state index contributed by atoms with van der Waals surface area (Å²) in [7, 11) is 1.41. The summed E-state index contributed by atoms with van der Waals surface area (Å²) in [4.78, 5) is 11.9. The molecule has 0 radical (unpaired) electrons. The highest BCUT2D eigenvalue weighted by molar-refractivity contribution is 5.81. The maximum Gasteiger partial charge on any atom is 0.168 e. The maximum atomic E-state index is 13.9. The van der Waals surface area contributed by atoms with E-state index in [1.807, 2.05) is 0 Å². The zero-order chi connectivity index (χ0) is 15.1. The van der Waals surface area contributed by atoms with E-state index in [4.69, 9.17) is 9.47 Å². The van der Waals surface area contributed by atoms with E-state index in [2.05, 4.69) is 5.32 Å². The SMILES string of the molecule is COc1cccc(CC(=O)CCOC2CCNCC2)c1F. The summed E-state index contributed by atoms with van der Waals surface area (Å²) < 4.78 is 24.5. The molecule has 0 amide bonds. The lowest BCUT2D eigenvalue weighted by Crippen LogP contribution is -2.32. The third-order valence-electron chi connectivity index (χ3n) is 3.67. The van der Waals surface area contributed by atoms with E-state index in [-0.39, 0.29) is 24.1 Å². The van der Waals surface area contributed by atoms with Crippen LogP contribution in [0.5, 0.6) is 5.75 Å². The predicted octanol–water partition coefficient (Wildman–Crippen LogP) is 2.10. The van der Waals surface area contributed by atoms with Gasteiger partial charge in [-0.25, -0.2) is 4.39 Å². The van der Waals surface area contributed by atoms with Gasteiger partial charge in [-0.1, -0.05) is 12.1 Å². The molecule has 5 heteroatoms. The van der Waals surface area contributed by atoms with Gasteiger partial charge in [0.2, 0.25) is 0 Å². The Morgan fingerprint density at radius 3 is 2.86 bits per heavy atom. The molecule has 0 saturated carbocycles. The van der Waals surface area contributed by atoms with Gasteiger partial charge in [0, 0.05) is 12.8 Å². The third kappa shape index (κ3) is 4.79. The van der Waals surface area contributed by atoms with Crippen LogP contribution in [0.2, 0.25) is 0 Å². The van der Waals surface area contributed by atoms with E-state index < -0.39 is 5.82 Å². The summed E-state index contributed by atoms with van der Waals surface area (Å²) in [6, 6.07) is 4.85. The van der Waals surface area contributed by atoms with Crippen molar-refractivity contribution in [2.45, 2.75) is 31.8 Å². The number of carbonyl (C=O) groups is 1. The Bertz CT molecular complexity index is 473. The highest BCUT2D eigenvalue weighted by atomic mass is 19.1. The number of carbonyl (C=O) groups excluding carboxylic acids is 1. The largest absolute Gasteiger partial charge is 0.494 e. The predicted molar refractivity (Wildman–Crippen MR) is 78.1 cm³/mol. The smallest absolute Gasteiger partial charge is 0.168 e. The lowest BCUT2D eigenvalue weighted by Gasteiger charge is -2.22. The summed E-state index contributed by atoms with van der Waals surface area (Å²) in [6.07, 6.45) is 2.61. The first-order valence-electron chi connectivity index (χ1n) is 7.36. The molecule has 2 rings (SSSR count). The molecule has 4 nitrogen and oxygen atoms in total. The number of hydrogen-bond donors (Lipinski definition) is 1. The molecular formula is C16H22FNO3. The van der Waals surface area contributed by atoms with Crippen molar-refractivity contribution in [1.82, 2.24) is 5.32 Å². The van der Waals surface area contributed by atoms with Gasteiger partial charge in [-0.3, -0.25) is 4.79 Å². The van der Waals surface area contributed by atoms with Gasteiger partial charge in [0.15, 0.2) is 11.6 Å². The summed E-state index contributed by atoms with van der Waals surface area (Å²) in [5, 5.41) is 3.26. The minimum absolute atomic E-state index is 0.0175. The van der Waals surface area contributed by atoms with Crippen LogP contribution < -0.4 is 10.1 Å². The molecule has 1 N–H and O–H groups in total. The second-order valence-electron chi connectivity index (χ2n) is 5.22. The fraction of sp³-hybridized carbons (Fsp3) is 0.562. The molecule has 0 spiro atoms. The van der Waals surface area contributed by atoms with E-state index in [0.29, 0.717) is 18.6 Å².